The maximum Gasteiger partial charge on any atom is 0.138 e. The van der Waals surface area contributed by atoms with E-state index in [1.807, 2.05) is 6.07 Å². The molecule has 1 aromatic heterocycles. The zero-order chi connectivity index (χ0) is 14.0. The third-order valence-corrected chi connectivity index (χ3v) is 5.84. The lowest BCUT2D eigenvalue weighted by atomic mass is 10.1. The second-order valence-electron chi connectivity index (χ2n) is 4.03. The molecule has 0 aliphatic carbocycles. The molecule has 0 radical (unpaired) electrons. The minimum absolute atomic E-state index is 0.0540. The zero-order valence-electron chi connectivity index (χ0n) is 10.5. The number of aryl methyl sites for hydroxylation is 1. The molecule has 102 valence electrons. The first-order valence-electron chi connectivity index (χ1n) is 5.81. The van der Waals surface area contributed by atoms with Gasteiger partial charge in [0.1, 0.15) is 5.75 Å². The van der Waals surface area contributed by atoms with E-state index in [9.17, 15) is 0 Å². The van der Waals surface area contributed by atoms with Crippen LogP contribution in [0.4, 0.5) is 0 Å². The first-order valence-corrected chi connectivity index (χ1v) is 8.36. The Bertz CT molecular complexity index is 583. The minimum atomic E-state index is 0.0540. The van der Waals surface area contributed by atoms with Crippen molar-refractivity contribution in [3.05, 3.63) is 49.6 Å². The Hall–Kier alpha value is -0.220. The zero-order valence-corrected chi connectivity index (χ0v) is 14.5. The number of rotatable bonds is 4. The standard InChI is InChI=1S/C14H13BrCl2OS/c1-3-8-4-5-19-14(8)13(15)9-6-11(17)12(18-2)7-10(9)16/h4-7,13H,3H2,1-2H3. The summed E-state index contributed by atoms with van der Waals surface area (Å²) < 4.78 is 5.17. The number of methoxy groups -OCH3 is 1. The van der Waals surface area contributed by atoms with Gasteiger partial charge in [-0.15, -0.1) is 11.3 Å². The van der Waals surface area contributed by atoms with Crippen LogP contribution in [0.3, 0.4) is 0 Å². The Morgan fingerprint density at radius 1 is 1.32 bits per heavy atom. The van der Waals surface area contributed by atoms with Crippen LogP contribution in [-0.4, -0.2) is 7.11 Å². The highest BCUT2D eigenvalue weighted by Gasteiger charge is 2.19. The number of hydrogen-bond acceptors (Lipinski definition) is 2. The molecule has 2 rings (SSSR count). The second-order valence-corrected chi connectivity index (χ2v) is 6.71. The molecular formula is C14H13BrCl2OS. The molecule has 0 N–H and O–H groups in total. The number of halogens is 3. The lowest BCUT2D eigenvalue weighted by molar-refractivity contribution is 0.415. The topological polar surface area (TPSA) is 9.23 Å². The fourth-order valence-corrected chi connectivity index (χ4v) is 4.53. The van der Waals surface area contributed by atoms with E-state index < -0.39 is 0 Å². The van der Waals surface area contributed by atoms with Crippen molar-refractivity contribution in [1.29, 1.82) is 0 Å². The maximum atomic E-state index is 6.32. The average molecular weight is 380 g/mol. The molecule has 0 bridgehead atoms. The van der Waals surface area contributed by atoms with Crippen LogP contribution >= 0.6 is 50.5 Å². The lowest BCUT2D eigenvalue weighted by Gasteiger charge is -2.14. The highest BCUT2D eigenvalue weighted by molar-refractivity contribution is 9.09. The highest BCUT2D eigenvalue weighted by atomic mass is 79.9. The molecule has 0 aliphatic heterocycles. The maximum absolute atomic E-state index is 6.32. The van der Waals surface area contributed by atoms with Crippen LogP contribution in [0.5, 0.6) is 5.75 Å². The van der Waals surface area contributed by atoms with E-state index in [2.05, 4.69) is 34.3 Å². The summed E-state index contributed by atoms with van der Waals surface area (Å²) in [7, 11) is 1.58. The van der Waals surface area contributed by atoms with Gasteiger partial charge in [0.15, 0.2) is 0 Å². The normalized spacial score (nSPS) is 12.5. The monoisotopic (exact) mass is 378 g/mol. The van der Waals surface area contributed by atoms with Gasteiger partial charge < -0.3 is 4.74 Å². The van der Waals surface area contributed by atoms with Gasteiger partial charge in [0.25, 0.3) is 0 Å². The molecule has 0 aliphatic rings. The van der Waals surface area contributed by atoms with Crippen molar-refractivity contribution in [3.63, 3.8) is 0 Å². The van der Waals surface area contributed by atoms with Crippen LogP contribution in [0.15, 0.2) is 23.6 Å². The van der Waals surface area contributed by atoms with Crippen LogP contribution in [0.25, 0.3) is 0 Å². The van der Waals surface area contributed by atoms with E-state index in [0.717, 1.165) is 12.0 Å². The van der Waals surface area contributed by atoms with Crippen LogP contribution in [0, 0.1) is 0 Å². The highest BCUT2D eigenvalue weighted by Crippen LogP contribution is 2.42. The van der Waals surface area contributed by atoms with Gasteiger partial charge in [-0.2, -0.15) is 0 Å². The number of thiophene rings is 1. The van der Waals surface area contributed by atoms with E-state index in [1.54, 1.807) is 24.5 Å². The predicted molar refractivity (Wildman–Crippen MR) is 87.5 cm³/mol. The summed E-state index contributed by atoms with van der Waals surface area (Å²) in [6.07, 6.45) is 1.00. The Morgan fingerprint density at radius 2 is 2.05 bits per heavy atom. The van der Waals surface area contributed by atoms with Crippen LogP contribution in [0.2, 0.25) is 10.0 Å². The van der Waals surface area contributed by atoms with Gasteiger partial charge in [-0.25, -0.2) is 0 Å². The number of benzene rings is 1. The molecule has 0 amide bonds. The fourth-order valence-electron chi connectivity index (χ4n) is 1.90. The average Bonchev–Trinajstić information content (AvgIpc) is 2.88. The molecule has 0 spiro atoms. The third-order valence-electron chi connectivity index (χ3n) is 2.94. The predicted octanol–water partition coefficient (Wildman–Crippen LogP) is 6.11. The van der Waals surface area contributed by atoms with Crippen molar-refractivity contribution in [1.82, 2.24) is 0 Å². The van der Waals surface area contributed by atoms with E-state index >= 15 is 0 Å². The molecule has 1 atom stereocenters. The molecule has 1 aromatic carbocycles. The van der Waals surface area contributed by atoms with Crippen LogP contribution < -0.4 is 4.74 Å². The molecular weight excluding hydrogens is 367 g/mol. The van der Waals surface area contributed by atoms with Crippen LogP contribution in [0.1, 0.15) is 27.8 Å². The first-order chi connectivity index (χ1) is 9.08. The fraction of sp³-hybridized carbons (Fsp3) is 0.286. The summed E-state index contributed by atoms with van der Waals surface area (Å²) in [5, 5.41) is 3.32. The van der Waals surface area contributed by atoms with Crippen molar-refractivity contribution in [2.24, 2.45) is 0 Å². The van der Waals surface area contributed by atoms with E-state index in [-0.39, 0.29) is 4.83 Å². The summed E-state index contributed by atoms with van der Waals surface area (Å²) in [4.78, 5) is 1.32. The molecule has 2 aromatic rings. The molecule has 0 saturated heterocycles. The van der Waals surface area contributed by atoms with E-state index in [0.29, 0.717) is 15.8 Å². The van der Waals surface area contributed by atoms with Crippen molar-refractivity contribution in [2.75, 3.05) is 7.11 Å². The van der Waals surface area contributed by atoms with E-state index in [4.69, 9.17) is 27.9 Å². The third kappa shape index (κ3) is 3.10. The molecule has 1 nitrogen and oxygen atoms in total. The Morgan fingerprint density at radius 3 is 2.68 bits per heavy atom. The largest absolute Gasteiger partial charge is 0.495 e. The van der Waals surface area contributed by atoms with Gasteiger partial charge in [0.05, 0.1) is 17.0 Å². The number of ether oxygens (including phenoxy) is 1. The number of hydrogen-bond donors (Lipinski definition) is 0. The molecule has 5 heteroatoms. The van der Waals surface area contributed by atoms with Crippen molar-refractivity contribution in [2.45, 2.75) is 18.2 Å². The quantitative estimate of drug-likeness (QED) is 0.582. The minimum Gasteiger partial charge on any atom is -0.495 e. The van der Waals surface area contributed by atoms with Gasteiger partial charge in [-0.05, 0) is 35.1 Å². The second kappa shape index (κ2) is 6.49. The first kappa shape index (κ1) is 15.2. The Labute approximate surface area is 135 Å². The van der Waals surface area contributed by atoms with Gasteiger partial charge in [-0.1, -0.05) is 46.1 Å². The van der Waals surface area contributed by atoms with E-state index in [1.165, 1.54) is 10.4 Å². The van der Waals surface area contributed by atoms with Gasteiger partial charge in [-0.3, -0.25) is 0 Å². The molecule has 0 fully saturated rings. The smallest absolute Gasteiger partial charge is 0.138 e. The van der Waals surface area contributed by atoms with Gasteiger partial charge in [0, 0.05) is 16.0 Å². The Kier molecular flexibility index (Phi) is 5.18. The molecule has 1 heterocycles. The Balaban J connectivity index is 2.44. The van der Waals surface area contributed by atoms with Crippen molar-refractivity contribution in [3.8, 4) is 5.75 Å². The molecule has 0 saturated carbocycles. The molecule has 1 unspecified atom stereocenters. The van der Waals surface area contributed by atoms with Crippen molar-refractivity contribution < 1.29 is 4.74 Å². The lowest BCUT2D eigenvalue weighted by Crippen LogP contribution is -1.96. The summed E-state index contributed by atoms with van der Waals surface area (Å²) >= 11 is 17.9. The van der Waals surface area contributed by atoms with Crippen molar-refractivity contribution >= 4 is 50.5 Å². The SMILES string of the molecule is CCc1ccsc1C(Br)c1cc(Cl)c(OC)cc1Cl. The summed E-state index contributed by atoms with van der Waals surface area (Å²) in [6.45, 7) is 2.15. The summed E-state index contributed by atoms with van der Waals surface area (Å²) in [5.74, 6) is 0.594. The number of alkyl halides is 1. The van der Waals surface area contributed by atoms with Gasteiger partial charge in [0.2, 0.25) is 0 Å². The summed E-state index contributed by atoms with van der Waals surface area (Å²) in [6, 6.07) is 5.77. The summed E-state index contributed by atoms with van der Waals surface area (Å²) in [5.41, 5.74) is 2.29. The van der Waals surface area contributed by atoms with Crippen LogP contribution in [-0.2, 0) is 6.42 Å². The van der Waals surface area contributed by atoms with Gasteiger partial charge >= 0.3 is 0 Å². The molecule has 19 heavy (non-hydrogen) atoms.